The van der Waals surface area contributed by atoms with Crippen molar-refractivity contribution in [2.45, 2.75) is 10.9 Å². The summed E-state index contributed by atoms with van der Waals surface area (Å²) in [6.45, 7) is -0.505. The van der Waals surface area contributed by atoms with Crippen LogP contribution in [0.15, 0.2) is 29.2 Å². The molecule has 0 fully saturated rings. The minimum atomic E-state index is -3.14. The summed E-state index contributed by atoms with van der Waals surface area (Å²) in [4.78, 5) is 20.1. The van der Waals surface area contributed by atoms with Gasteiger partial charge >= 0.3 is 5.97 Å². The van der Waals surface area contributed by atoms with Crippen molar-refractivity contribution in [2.24, 2.45) is 5.73 Å². The second-order valence-corrected chi connectivity index (χ2v) is 5.60. The first-order valence-electron chi connectivity index (χ1n) is 5.07. The maximum Gasteiger partial charge on any atom is 0.322 e. The number of nitrogens with two attached hydrogens (primary N) is 1. The molecule has 1 radical (unpaired) electrons. The summed E-state index contributed by atoms with van der Waals surface area (Å²) in [5, 5.41) is 15.9. The van der Waals surface area contributed by atoms with Crippen LogP contribution in [0.3, 0.4) is 0 Å². The summed E-state index contributed by atoms with van der Waals surface area (Å²) in [5.41, 5.74) is 5.24. The molecule has 0 heterocycles. The van der Waals surface area contributed by atoms with Crippen molar-refractivity contribution in [3.05, 3.63) is 29.8 Å². The predicted molar refractivity (Wildman–Crippen MR) is 67.6 cm³/mol. The van der Waals surface area contributed by atoms with Crippen LogP contribution in [-0.2, 0) is 31.7 Å². The molecule has 0 aromatic heterocycles. The van der Waals surface area contributed by atoms with Gasteiger partial charge in [-0.05, 0) is 12.1 Å². The van der Waals surface area contributed by atoms with Crippen LogP contribution in [0.2, 0.25) is 0 Å². The summed E-state index contributed by atoms with van der Waals surface area (Å²) in [5.74, 6) is -1.18. The predicted octanol–water partition coefficient (Wildman–Crippen LogP) is -0.709. The number of carboxylic acid groups (broad SMARTS) is 1. The number of hydrogen-bond acceptors (Lipinski definition) is 6. The topological polar surface area (TPSA) is 135 Å². The quantitative estimate of drug-likeness (QED) is 0.481. The van der Waals surface area contributed by atoms with Crippen molar-refractivity contribution in [1.29, 1.82) is 0 Å². The number of carbonyl (C=O) groups excluding carboxylic acids is 1. The van der Waals surface area contributed by atoms with Crippen molar-refractivity contribution in [3.8, 4) is 0 Å². The van der Waals surface area contributed by atoms with Crippen molar-refractivity contribution in [1.82, 2.24) is 0 Å². The van der Waals surface area contributed by atoms with Crippen LogP contribution in [0.1, 0.15) is 10.4 Å². The molecule has 0 saturated carbocycles. The zero-order valence-corrected chi connectivity index (χ0v) is 12.2. The van der Waals surface area contributed by atoms with Crippen LogP contribution in [0.25, 0.3) is 0 Å². The van der Waals surface area contributed by atoms with E-state index in [0.717, 1.165) is 6.26 Å². The molecule has 0 aliphatic rings. The Morgan fingerprint density at radius 3 is 2.00 bits per heavy atom. The third-order valence-electron chi connectivity index (χ3n) is 1.96. The second-order valence-electron chi connectivity index (χ2n) is 3.59. The molecule has 1 atom stereocenters. The molecule has 1 aromatic carbocycles. The Hall–Kier alpha value is -1.25. The smallest absolute Gasteiger partial charge is 0.322 e. The maximum atomic E-state index is 10.9. The molecule has 0 spiro atoms. The molecule has 1 rings (SSSR count). The molecule has 9 heteroatoms. The minimum Gasteiger partial charge on any atom is -0.480 e. The number of rotatable bonds is 4. The van der Waals surface area contributed by atoms with Gasteiger partial charge in [-0.1, -0.05) is 12.1 Å². The van der Waals surface area contributed by atoms with Crippen LogP contribution in [0.4, 0.5) is 0 Å². The van der Waals surface area contributed by atoms with E-state index in [-0.39, 0.29) is 22.0 Å². The average molecular weight is 353 g/mol. The Bertz CT molecular complexity index is 528. The maximum absolute atomic E-state index is 10.9. The molecule has 0 amide bonds. The van der Waals surface area contributed by atoms with Gasteiger partial charge in [0.15, 0.2) is 9.84 Å². The first-order chi connectivity index (χ1) is 8.72. The van der Waals surface area contributed by atoms with Gasteiger partial charge in [-0.2, -0.15) is 0 Å². The molecule has 0 aliphatic carbocycles. The summed E-state index contributed by atoms with van der Waals surface area (Å²) in [6, 6.07) is 4.66. The number of aliphatic carboxylic acids is 1. The summed E-state index contributed by atoms with van der Waals surface area (Å²) in [7, 11) is -3.14. The van der Waals surface area contributed by atoms with Crippen molar-refractivity contribution in [3.63, 3.8) is 0 Å². The van der Waals surface area contributed by atoms with E-state index in [4.69, 9.17) is 15.9 Å². The molecule has 0 unspecified atom stereocenters. The third-order valence-corrected chi connectivity index (χ3v) is 3.09. The summed E-state index contributed by atoms with van der Waals surface area (Å²) < 4.78 is 21.9. The first kappa shape index (κ1) is 21.1. The van der Waals surface area contributed by atoms with Crippen LogP contribution in [0.5, 0.6) is 0 Å². The van der Waals surface area contributed by atoms with Gasteiger partial charge in [0.1, 0.15) is 12.3 Å². The van der Waals surface area contributed by atoms with Gasteiger partial charge in [-0.15, -0.1) is 0 Å². The zero-order chi connectivity index (χ0) is 15.1. The molecule has 20 heavy (non-hydrogen) atoms. The Balaban J connectivity index is 0. The van der Waals surface area contributed by atoms with E-state index in [0.29, 0.717) is 11.8 Å². The van der Waals surface area contributed by atoms with Gasteiger partial charge in [0, 0.05) is 28.9 Å². The number of carboxylic acids is 1. The van der Waals surface area contributed by atoms with E-state index in [9.17, 15) is 18.0 Å². The molecular weight excluding hydrogens is 338 g/mol. The van der Waals surface area contributed by atoms with E-state index in [1.165, 1.54) is 24.3 Å². The number of aldehydes is 1. The Kier molecular flexibility index (Phi) is 10.1. The third kappa shape index (κ3) is 8.03. The minimum absolute atomic E-state index is 0. The Morgan fingerprint density at radius 1 is 1.35 bits per heavy atom. The number of aliphatic hydroxyl groups is 1. The molecule has 1 aromatic rings. The Morgan fingerprint density at radius 2 is 1.80 bits per heavy atom. The van der Waals surface area contributed by atoms with Gasteiger partial charge in [0.2, 0.25) is 0 Å². The van der Waals surface area contributed by atoms with E-state index in [2.05, 4.69) is 0 Å². The fourth-order valence-corrected chi connectivity index (χ4v) is 1.50. The standard InChI is InChI=1S/C8H8O3S.C3H7NO3.Cu/c1-12(10,11)8-4-2-7(6-9)3-5-8;4-2(1-5)3(6)7;/h2-6H,1H3;2,5H,1,4H2,(H,6,7);/t;2-;/m.0./s1. The molecule has 0 bridgehead atoms. The van der Waals surface area contributed by atoms with E-state index >= 15 is 0 Å². The summed E-state index contributed by atoms with van der Waals surface area (Å²) >= 11 is 0. The van der Waals surface area contributed by atoms with Gasteiger partial charge in [-0.25, -0.2) is 8.42 Å². The van der Waals surface area contributed by atoms with Gasteiger partial charge in [0.25, 0.3) is 0 Å². The van der Waals surface area contributed by atoms with Crippen LogP contribution in [0, 0.1) is 0 Å². The van der Waals surface area contributed by atoms with E-state index in [1.807, 2.05) is 0 Å². The molecule has 117 valence electrons. The fourth-order valence-electron chi connectivity index (χ4n) is 0.872. The molecule has 0 saturated heterocycles. The molecular formula is C11H15CuNO6S. The first-order valence-corrected chi connectivity index (χ1v) is 6.96. The van der Waals surface area contributed by atoms with Crippen LogP contribution < -0.4 is 5.73 Å². The average Bonchev–Trinajstić information content (AvgIpc) is 2.37. The number of carbonyl (C=O) groups is 2. The van der Waals surface area contributed by atoms with Crippen molar-refractivity contribution >= 4 is 22.1 Å². The van der Waals surface area contributed by atoms with Gasteiger partial charge in [0.05, 0.1) is 11.5 Å². The van der Waals surface area contributed by atoms with Crippen LogP contribution in [-0.4, -0.2) is 49.8 Å². The van der Waals surface area contributed by atoms with Gasteiger partial charge < -0.3 is 15.9 Å². The normalized spacial score (nSPS) is 11.3. The SMILES string of the molecule is CS(=O)(=O)c1ccc(C=O)cc1.N[C@@H](CO)C(=O)O.[Cu]. The van der Waals surface area contributed by atoms with E-state index < -0.39 is 28.5 Å². The number of aliphatic hydroxyl groups excluding tert-OH is 1. The largest absolute Gasteiger partial charge is 0.480 e. The fraction of sp³-hybridized carbons (Fsp3) is 0.273. The zero-order valence-electron chi connectivity index (χ0n) is 10.5. The molecule has 0 aliphatic heterocycles. The molecule has 4 N–H and O–H groups in total. The number of hydrogen-bond donors (Lipinski definition) is 3. The van der Waals surface area contributed by atoms with Crippen molar-refractivity contribution in [2.75, 3.05) is 12.9 Å². The summed E-state index contributed by atoms with van der Waals surface area (Å²) in [6.07, 6.45) is 1.80. The second kappa shape index (κ2) is 9.62. The number of sulfone groups is 1. The van der Waals surface area contributed by atoms with Crippen molar-refractivity contribution < 1.29 is 45.3 Å². The van der Waals surface area contributed by atoms with Gasteiger partial charge in [-0.3, -0.25) is 9.59 Å². The Labute approximate surface area is 127 Å². The number of benzene rings is 1. The van der Waals surface area contributed by atoms with E-state index in [1.54, 1.807) is 0 Å². The monoisotopic (exact) mass is 352 g/mol. The van der Waals surface area contributed by atoms with Crippen LogP contribution >= 0.6 is 0 Å². The molecule has 7 nitrogen and oxygen atoms in total.